The van der Waals surface area contributed by atoms with Gasteiger partial charge in [-0.3, -0.25) is 4.40 Å². The Balaban J connectivity index is 2.89. The molecule has 0 aliphatic heterocycles. The number of carboxylic acids is 1. The van der Waals surface area contributed by atoms with Gasteiger partial charge in [-0.1, -0.05) is 6.92 Å². The second-order valence-electron chi connectivity index (χ2n) is 3.62. The summed E-state index contributed by atoms with van der Waals surface area (Å²) in [7, 11) is 0. The molecular weight excluding hydrogens is 272 g/mol. The first-order chi connectivity index (χ1) is 7.54. The fraction of sp³-hybridized carbons (Fsp3) is 0.273. The number of halogens is 1. The molecule has 0 radical (unpaired) electrons. The lowest BCUT2D eigenvalue weighted by Crippen LogP contribution is -2.05. The molecule has 0 aliphatic carbocycles. The predicted molar refractivity (Wildman–Crippen MR) is 64.0 cm³/mol. The molecule has 2 aromatic rings. The van der Waals surface area contributed by atoms with Crippen LogP contribution in [-0.4, -0.2) is 20.5 Å². The zero-order valence-corrected chi connectivity index (χ0v) is 10.6. The molecule has 5 heteroatoms. The minimum absolute atomic E-state index is 0.252. The molecule has 0 aromatic carbocycles. The zero-order chi connectivity index (χ0) is 11.9. The number of carboxylic acid groups (broad SMARTS) is 1. The molecular formula is C11H11BrN2O2. The third kappa shape index (κ3) is 1.61. The van der Waals surface area contributed by atoms with E-state index in [0.717, 1.165) is 10.0 Å². The topological polar surface area (TPSA) is 54.6 Å². The normalized spacial score (nSPS) is 10.9. The van der Waals surface area contributed by atoms with Gasteiger partial charge in [-0.2, -0.15) is 0 Å². The maximum absolute atomic E-state index is 11.2. The number of pyridine rings is 1. The molecule has 0 saturated carbocycles. The maximum atomic E-state index is 11.2. The van der Waals surface area contributed by atoms with E-state index in [4.69, 9.17) is 0 Å². The molecule has 0 fully saturated rings. The van der Waals surface area contributed by atoms with Crippen LogP contribution in [0.25, 0.3) is 5.65 Å². The number of hydrogen-bond donors (Lipinski definition) is 1. The van der Waals surface area contributed by atoms with Crippen molar-refractivity contribution in [1.29, 1.82) is 0 Å². The van der Waals surface area contributed by atoms with E-state index in [1.807, 2.05) is 19.9 Å². The highest BCUT2D eigenvalue weighted by atomic mass is 79.9. The molecule has 2 heterocycles. The van der Waals surface area contributed by atoms with Crippen molar-refractivity contribution >= 4 is 27.5 Å². The van der Waals surface area contributed by atoms with Crippen LogP contribution in [0.3, 0.4) is 0 Å². The monoisotopic (exact) mass is 282 g/mol. The first-order valence-electron chi connectivity index (χ1n) is 4.95. The Morgan fingerprint density at radius 1 is 1.62 bits per heavy atom. The van der Waals surface area contributed by atoms with Crippen molar-refractivity contribution in [3.8, 4) is 0 Å². The number of imidazole rings is 1. The van der Waals surface area contributed by atoms with Gasteiger partial charge in [0.05, 0.1) is 10.2 Å². The number of nitrogens with zero attached hydrogens (tertiary/aromatic N) is 2. The van der Waals surface area contributed by atoms with Crippen LogP contribution in [0.4, 0.5) is 0 Å². The standard InChI is InChI=1S/C11H11BrN2O2/c1-3-8-9(11(15)16)14-5-6(2)4-7(12)10(14)13-8/h4-5H,3H2,1-2H3,(H,15,16). The molecule has 0 atom stereocenters. The Morgan fingerprint density at radius 3 is 2.88 bits per heavy atom. The van der Waals surface area contributed by atoms with Crippen LogP contribution >= 0.6 is 15.9 Å². The van der Waals surface area contributed by atoms with Crippen LogP contribution in [0.2, 0.25) is 0 Å². The van der Waals surface area contributed by atoms with Crippen LogP contribution in [0, 0.1) is 6.92 Å². The van der Waals surface area contributed by atoms with Gasteiger partial charge in [-0.25, -0.2) is 9.78 Å². The maximum Gasteiger partial charge on any atom is 0.354 e. The van der Waals surface area contributed by atoms with Gasteiger partial charge in [-0.15, -0.1) is 0 Å². The van der Waals surface area contributed by atoms with Crippen molar-refractivity contribution in [2.75, 3.05) is 0 Å². The lowest BCUT2D eigenvalue weighted by molar-refractivity contribution is 0.0688. The number of aromatic nitrogens is 2. The fourth-order valence-corrected chi connectivity index (χ4v) is 2.39. The Morgan fingerprint density at radius 2 is 2.31 bits per heavy atom. The summed E-state index contributed by atoms with van der Waals surface area (Å²) in [5.74, 6) is -0.943. The van der Waals surface area contributed by atoms with Crippen LogP contribution in [0.1, 0.15) is 28.7 Å². The van der Waals surface area contributed by atoms with E-state index in [0.29, 0.717) is 17.8 Å². The largest absolute Gasteiger partial charge is 0.477 e. The lowest BCUT2D eigenvalue weighted by Gasteiger charge is -2.01. The highest BCUT2D eigenvalue weighted by Crippen LogP contribution is 2.22. The second-order valence-corrected chi connectivity index (χ2v) is 4.48. The van der Waals surface area contributed by atoms with E-state index in [9.17, 15) is 9.90 Å². The minimum atomic E-state index is -0.943. The van der Waals surface area contributed by atoms with Crippen molar-refractivity contribution < 1.29 is 9.90 Å². The minimum Gasteiger partial charge on any atom is -0.477 e. The highest BCUT2D eigenvalue weighted by Gasteiger charge is 2.18. The van der Waals surface area contributed by atoms with E-state index in [1.54, 1.807) is 10.6 Å². The smallest absolute Gasteiger partial charge is 0.354 e. The Labute approximate surface area is 101 Å². The van der Waals surface area contributed by atoms with Crippen molar-refractivity contribution in [3.05, 3.63) is 33.7 Å². The average Bonchev–Trinajstić information content (AvgIpc) is 2.56. The van der Waals surface area contributed by atoms with Gasteiger partial charge in [0.15, 0.2) is 11.3 Å². The number of rotatable bonds is 2. The van der Waals surface area contributed by atoms with Crippen molar-refractivity contribution in [3.63, 3.8) is 0 Å². The molecule has 0 spiro atoms. The number of hydrogen-bond acceptors (Lipinski definition) is 2. The summed E-state index contributed by atoms with van der Waals surface area (Å²) in [6.07, 6.45) is 2.39. The molecule has 1 N–H and O–H groups in total. The highest BCUT2D eigenvalue weighted by molar-refractivity contribution is 9.10. The van der Waals surface area contributed by atoms with E-state index in [2.05, 4.69) is 20.9 Å². The van der Waals surface area contributed by atoms with Crippen molar-refractivity contribution in [2.24, 2.45) is 0 Å². The Kier molecular flexibility index (Phi) is 2.71. The Hall–Kier alpha value is -1.36. The van der Waals surface area contributed by atoms with Gasteiger partial charge in [0.2, 0.25) is 0 Å². The fourth-order valence-electron chi connectivity index (χ4n) is 1.75. The molecule has 2 aromatic heterocycles. The average molecular weight is 283 g/mol. The summed E-state index contributed by atoms with van der Waals surface area (Å²) >= 11 is 3.40. The van der Waals surface area contributed by atoms with E-state index >= 15 is 0 Å². The van der Waals surface area contributed by atoms with Gasteiger partial charge in [0.1, 0.15) is 0 Å². The molecule has 0 bridgehead atoms. The van der Waals surface area contributed by atoms with Gasteiger partial charge in [0.25, 0.3) is 0 Å². The van der Waals surface area contributed by atoms with Crippen LogP contribution in [0.5, 0.6) is 0 Å². The number of aryl methyl sites for hydroxylation is 2. The number of fused-ring (bicyclic) bond motifs is 1. The molecule has 0 saturated heterocycles. The summed E-state index contributed by atoms with van der Waals surface area (Å²) in [5.41, 5.74) is 2.50. The van der Waals surface area contributed by atoms with E-state index in [1.165, 1.54) is 0 Å². The van der Waals surface area contributed by atoms with Crippen molar-refractivity contribution in [2.45, 2.75) is 20.3 Å². The predicted octanol–water partition coefficient (Wildman–Crippen LogP) is 2.67. The lowest BCUT2D eigenvalue weighted by atomic mass is 10.2. The van der Waals surface area contributed by atoms with Gasteiger partial charge in [0, 0.05) is 6.20 Å². The van der Waals surface area contributed by atoms with Gasteiger partial charge >= 0.3 is 5.97 Å². The number of aromatic carboxylic acids is 1. The molecule has 0 unspecified atom stereocenters. The summed E-state index contributed by atoms with van der Waals surface area (Å²) in [4.78, 5) is 15.5. The van der Waals surface area contributed by atoms with Gasteiger partial charge in [-0.05, 0) is 40.9 Å². The molecule has 0 aliphatic rings. The molecule has 0 amide bonds. The molecule has 84 valence electrons. The first kappa shape index (κ1) is 11.1. The first-order valence-corrected chi connectivity index (χ1v) is 5.74. The summed E-state index contributed by atoms with van der Waals surface area (Å²) < 4.78 is 2.44. The molecule has 4 nitrogen and oxygen atoms in total. The summed E-state index contributed by atoms with van der Waals surface area (Å²) in [6.45, 7) is 3.82. The SMILES string of the molecule is CCc1nc2c(Br)cc(C)cn2c1C(=O)O. The van der Waals surface area contributed by atoms with Crippen LogP contribution in [-0.2, 0) is 6.42 Å². The van der Waals surface area contributed by atoms with E-state index in [-0.39, 0.29) is 5.69 Å². The zero-order valence-electron chi connectivity index (χ0n) is 8.99. The summed E-state index contributed by atoms with van der Waals surface area (Å²) in [6, 6.07) is 1.92. The van der Waals surface area contributed by atoms with Gasteiger partial charge < -0.3 is 5.11 Å². The molecule has 16 heavy (non-hydrogen) atoms. The molecule has 2 rings (SSSR count). The summed E-state index contributed by atoms with van der Waals surface area (Å²) in [5, 5.41) is 9.19. The van der Waals surface area contributed by atoms with E-state index < -0.39 is 5.97 Å². The van der Waals surface area contributed by atoms with Crippen LogP contribution < -0.4 is 0 Å². The third-order valence-corrected chi connectivity index (χ3v) is 3.01. The van der Waals surface area contributed by atoms with Crippen molar-refractivity contribution in [1.82, 2.24) is 9.38 Å². The van der Waals surface area contributed by atoms with Crippen LogP contribution in [0.15, 0.2) is 16.7 Å². The third-order valence-electron chi connectivity index (χ3n) is 2.42. The second kappa shape index (κ2) is 3.90. The Bertz CT molecular complexity index is 575. The quantitative estimate of drug-likeness (QED) is 0.921. The number of carbonyl (C=O) groups is 1.